The Balaban J connectivity index is 1.97. The zero-order chi connectivity index (χ0) is 13.7. The molecule has 1 N–H and O–H groups in total. The lowest BCUT2D eigenvalue weighted by atomic mass is 10.1. The summed E-state index contributed by atoms with van der Waals surface area (Å²) in [4.78, 5) is 0. The quantitative estimate of drug-likeness (QED) is 0.911. The Bertz CT molecular complexity index is 584. The third-order valence-corrected chi connectivity index (χ3v) is 2.82. The molecular formula is C16H15NO2. The zero-order valence-corrected chi connectivity index (χ0v) is 10.7. The highest BCUT2D eigenvalue weighted by molar-refractivity contribution is 5.32. The van der Waals surface area contributed by atoms with Gasteiger partial charge in [-0.1, -0.05) is 24.3 Å². The van der Waals surface area contributed by atoms with Crippen LogP contribution in [0.4, 0.5) is 0 Å². The van der Waals surface area contributed by atoms with Crippen LogP contribution >= 0.6 is 0 Å². The molecule has 96 valence electrons. The molecule has 0 saturated heterocycles. The third-order valence-electron chi connectivity index (χ3n) is 2.82. The number of aliphatic hydroxyl groups is 1. The summed E-state index contributed by atoms with van der Waals surface area (Å²) in [5.41, 5.74) is 2.44. The summed E-state index contributed by atoms with van der Waals surface area (Å²) in [7, 11) is 0. The van der Waals surface area contributed by atoms with E-state index in [1.165, 1.54) is 0 Å². The van der Waals surface area contributed by atoms with Gasteiger partial charge in [0, 0.05) is 0 Å². The summed E-state index contributed by atoms with van der Waals surface area (Å²) in [6, 6.07) is 16.6. The predicted molar refractivity (Wildman–Crippen MR) is 72.8 cm³/mol. The highest BCUT2D eigenvalue weighted by Gasteiger charge is 2.08. The minimum absolute atomic E-state index is 0.190. The molecule has 0 aliphatic rings. The fourth-order valence-electron chi connectivity index (χ4n) is 1.76. The molecular weight excluding hydrogens is 238 g/mol. The van der Waals surface area contributed by atoms with E-state index in [1.807, 2.05) is 37.3 Å². The lowest BCUT2D eigenvalue weighted by molar-refractivity contribution is 0.108. The van der Waals surface area contributed by atoms with Gasteiger partial charge < -0.3 is 9.84 Å². The van der Waals surface area contributed by atoms with Gasteiger partial charge >= 0.3 is 0 Å². The summed E-state index contributed by atoms with van der Waals surface area (Å²) in [6.45, 7) is 2.18. The summed E-state index contributed by atoms with van der Waals surface area (Å²) in [5.74, 6) is 0.743. The van der Waals surface area contributed by atoms with Crippen LogP contribution in [0.2, 0.25) is 0 Å². The first-order chi connectivity index (χ1) is 9.19. The van der Waals surface area contributed by atoms with Gasteiger partial charge in [-0.15, -0.1) is 0 Å². The van der Waals surface area contributed by atoms with E-state index in [0.717, 1.165) is 16.9 Å². The van der Waals surface area contributed by atoms with E-state index < -0.39 is 6.10 Å². The van der Waals surface area contributed by atoms with Crippen LogP contribution in [0.25, 0.3) is 0 Å². The monoisotopic (exact) mass is 253 g/mol. The van der Waals surface area contributed by atoms with Gasteiger partial charge in [-0.25, -0.2) is 0 Å². The highest BCUT2D eigenvalue weighted by Crippen LogP contribution is 2.17. The Kier molecular flexibility index (Phi) is 4.17. The number of nitrogens with zero attached hydrogens (tertiary/aromatic N) is 1. The second-order valence-electron chi connectivity index (χ2n) is 4.38. The molecule has 0 aromatic heterocycles. The number of ether oxygens (including phenoxy) is 1. The maximum Gasteiger partial charge on any atom is 0.119 e. The van der Waals surface area contributed by atoms with E-state index >= 15 is 0 Å². The zero-order valence-electron chi connectivity index (χ0n) is 10.7. The van der Waals surface area contributed by atoms with Gasteiger partial charge in [0.1, 0.15) is 18.5 Å². The van der Waals surface area contributed by atoms with Crippen molar-refractivity contribution in [3.05, 3.63) is 65.2 Å². The smallest absolute Gasteiger partial charge is 0.119 e. The number of nitriles is 1. The standard InChI is InChI=1S/C16H15NO2/c1-12-3-2-4-15(9-12)19-11-16(18)14-7-5-13(10-17)6-8-14/h2-9,16,18H,11H2,1H3. The molecule has 0 saturated carbocycles. The summed E-state index contributed by atoms with van der Waals surface area (Å²) in [6.07, 6.45) is -0.701. The maximum absolute atomic E-state index is 10.0. The number of aliphatic hydroxyl groups excluding tert-OH is 1. The average Bonchev–Trinajstić information content (AvgIpc) is 2.45. The molecule has 0 aliphatic heterocycles. The molecule has 0 bridgehead atoms. The first kappa shape index (κ1) is 13.1. The van der Waals surface area contributed by atoms with Gasteiger partial charge in [0.05, 0.1) is 11.6 Å². The molecule has 1 atom stereocenters. The molecule has 2 aromatic rings. The minimum Gasteiger partial charge on any atom is -0.491 e. The largest absolute Gasteiger partial charge is 0.491 e. The molecule has 2 rings (SSSR count). The molecule has 0 fully saturated rings. The fraction of sp³-hybridized carbons (Fsp3) is 0.188. The van der Waals surface area contributed by atoms with Crippen LogP contribution in [0.5, 0.6) is 5.75 Å². The van der Waals surface area contributed by atoms with Crippen LogP contribution in [0, 0.1) is 18.3 Å². The number of hydrogen-bond donors (Lipinski definition) is 1. The number of benzene rings is 2. The fourth-order valence-corrected chi connectivity index (χ4v) is 1.76. The van der Waals surface area contributed by atoms with E-state index in [4.69, 9.17) is 10.00 Å². The molecule has 0 aliphatic carbocycles. The molecule has 2 aromatic carbocycles. The Hall–Kier alpha value is -2.31. The van der Waals surface area contributed by atoms with E-state index in [9.17, 15) is 5.11 Å². The van der Waals surface area contributed by atoms with E-state index in [0.29, 0.717) is 5.56 Å². The van der Waals surface area contributed by atoms with Crippen LogP contribution in [0.3, 0.4) is 0 Å². The first-order valence-electron chi connectivity index (χ1n) is 6.06. The lowest BCUT2D eigenvalue weighted by Gasteiger charge is -2.13. The molecule has 3 heteroatoms. The molecule has 0 heterocycles. The van der Waals surface area contributed by atoms with E-state index in [1.54, 1.807) is 24.3 Å². The number of rotatable bonds is 4. The number of hydrogen-bond acceptors (Lipinski definition) is 3. The maximum atomic E-state index is 10.0. The topological polar surface area (TPSA) is 53.2 Å². The second kappa shape index (κ2) is 6.03. The summed E-state index contributed by atoms with van der Waals surface area (Å²) < 4.78 is 5.54. The van der Waals surface area contributed by atoms with Crippen molar-refractivity contribution >= 4 is 0 Å². The van der Waals surface area contributed by atoms with Crippen molar-refractivity contribution in [2.24, 2.45) is 0 Å². The Morgan fingerprint density at radius 1 is 1.21 bits per heavy atom. The minimum atomic E-state index is -0.701. The van der Waals surface area contributed by atoms with Gasteiger partial charge in [0.15, 0.2) is 0 Å². The van der Waals surface area contributed by atoms with Crippen molar-refractivity contribution in [2.45, 2.75) is 13.0 Å². The van der Waals surface area contributed by atoms with Crippen molar-refractivity contribution in [3.8, 4) is 11.8 Å². The Morgan fingerprint density at radius 3 is 2.58 bits per heavy atom. The van der Waals surface area contributed by atoms with Crippen LogP contribution in [-0.2, 0) is 0 Å². The highest BCUT2D eigenvalue weighted by atomic mass is 16.5. The predicted octanol–water partition coefficient (Wildman–Crippen LogP) is 2.98. The van der Waals surface area contributed by atoms with Crippen molar-refractivity contribution in [1.82, 2.24) is 0 Å². The molecule has 0 amide bonds. The van der Waals surface area contributed by atoms with E-state index in [-0.39, 0.29) is 6.61 Å². The van der Waals surface area contributed by atoms with Gasteiger partial charge in [-0.3, -0.25) is 0 Å². The molecule has 19 heavy (non-hydrogen) atoms. The third kappa shape index (κ3) is 3.57. The lowest BCUT2D eigenvalue weighted by Crippen LogP contribution is -2.09. The van der Waals surface area contributed by atoms with Crippen molar-refractivity contribution in [3.63, 3.8) is 0 Å². The van der Waals surface area contributed by atoms with Gasteiger partial charge in [0.25, 0.3) is 0 Å². The second-order valence-corrected chi connectivity index (χ2v) is 4.38. The summed E-state index contributed by atoms with van der Waals surface area (Å²) in [5, 5.41) is 18.7. The Labute approximate surface area is 112 Å². The van der Waals surface area contributed by atoms with E-state index in [2.05, 4.69) is 0 Å². The van der Waals surface area contributed by atoms with Gasteiger partial charge in [0.2, 0.25) is 0 Å². The summed E-state index contributed by atoms with van der Waals surface area (Å²) >= 11 is 0. The van der Waals surface area contributed by atoms with Crippen molar-refractivity contribution in [2.75, 3.05) is 6.61 Å². The van der Waals surface area contributed by atoms with Crippen LogP contribution in [-0.4, -0.2) is 11.7 Å². The van der Waals surface area contributed by atoms with Crippen LogP contribution in [0.1, 0.15) is 22.8 Å². The van der Waals surface area contributed by atoms with Gasteiger partial charge in [-0.05, 0) is 42.3 Å². The normalized spacial score (nSPS) is 11.6. The molecule has 0 radical (unpaired) electrons. The van der Waals surface area contributed by atoms with Crippen molar-refractivity contribution in [1.29, 1.82) is 5.26 Å². The first-order valence-corrected chi connectivity index (χ1v) is 6.06. The van der Waals surface area contributed by atoms with Crippen LogP contribution in [0.15, 0.2) is 48.5 Å². The molecule has 1 unspecified atom stereocenters. The molecule has 3 nitrogen and oxygen atoms in total. The number of aryl methyl sites for hydroxylation is 1. The van der Waals surface area contributed by atoms with Crippen LogP contribution < -0.4 is 4.74 Å². The average molecular weight is 253 g/mol. The van der Waals surface area contributed by atoms with Gasteiger partial charge in [-0.2, -0.15) is 5.26 Å². The Morgan fingerprint density at radius 2 is 1.95 bits per heavy atom. The SMILES string of the molecule is Cc1cccc(OCC(O)c2ccc(C#N)cc2)c1. The molecule has 0 spiro atoms. The van der Waals surface area contributed by atoms with Crippen molar-refractivity contribution < 1.29 is 9.84 Å².